The van der Waals surface area contributed by atoms with Crippen molar-refractivity contribution in [3.63, 3.8) is 0 Å². The minimum absolute atomic E-state index is 0.0895. The molecule has 1 aromatic carbocycles. The lowest BCUT2D eigenvalue weighted by Crippen LogP contribution is -2.15. The lowest BCUT2D eigenvalue weighted by molar-refractivity contribution is 0.241. The first-order valence-corrected chi connectivity index (χ1v) is 5.84. The van der Waals surface area contributed by atoms with Gasteiger partial charge in [-0.1, -0.05) is 23.7 Å². The zero-order valence-corrected chi connectivity index (χ0v) is 11.0. The minimum Gasteiger partial charge on any atom is -0.338 e. The van der Waals surface area contributed by atoms with Gasteiger partial charge in [0.1, 0.15) is 0 Å². The van der Waals surface area contributed by atoms with Crippen LogP contribution in [0.1, 0.15) is 12.5 Å². The normalized spacial score (nSPS) is 11.4. The van der Waals surface area contributed by atoms with Crippen molar-refractivity contribution in [2.75, 3.05) is 14.1 Å². The summed E-state index contributed by atoms with van der Waals surface area (Å²) in [7, 11) is 3.39. The summed E-state index contributed by atoms with van der Waals surface area (Å²) in [4.78, 5) is 12.8. The number of carbonyl (C=O) groups excluding carboxylic acids is 1. The molecule has 0 aliphatic carbocycles. The van der Waals surface area contributed by atoms with Crippen LogP contribution in [0.5, 0.6) is 0 Å². The van der Waals surface area contributed by atoms with Crippen LogP contribution >= 0.6 is 23.5 Å². The van der Waals surface area contributed by atoms with Crippen LogP contribution < -0.4 is 0 Å². The van der Waals surface area contributed by atoms with Crippen molar-refractivity contribution in [1.29, 1.82) is 0 Å². The van der Waals surface area contributed by atoms with Crippen molar-refractivity contribution in [3.05, 3.63) is 34.9 Å². The first kappa shape index (κ1) is 13.1. The molecule has 86 valence electrons. The van der Waals surface area contributed by atoms with Gasteiger partial charge in [0, 0.05) is 19.1 Å². The molecule has 0 bridgehead atoms. The molecule has 1 rings (SSSR count). The smallest absolute Gasteiger partial charge is 0.303 e. The van der Waals surface area contributed by atoms with E-state index in [2.05, 4.69) is 4.40 Å². The van der Waals surface area contributed by atoms with E-state index in [0.717, 1.165) is 23.2 Å². The number of hydrogen-bond donors (Lipinski definition) is 0. The highest BCUT2D eigenvalue weighted by Crippen LogP contribution is 2.14. The molecular weight excluding hydrogens is 244 g/mol. The van der Waals surface area contributed by atoms with Gasteiger partial charge < -0.3 is 4.90 Å². The Morgan fingerprint density at radius 3 is 2.38 bits per heavy atom. The highest BCUT2D eigenvalue weighted by molar-refractivity contribution is 8.12. The molecule has 0 saturated carbocycles. The monoisotopic (exact) mass is 256 g/mol. The maximum absolute atomic E-state index is 11.3. The largest absolute Gasteiger partial charge is 0.338 e. The Balaban J connectivity index is 2.70. The van der Waals surface area contributed by atoms with Crippen molar-refractivity contribution < 1.29 is 4.79 Å². The summed E-state index contributed by atoms with van der Waals surface area (Å²) >= 11 is 6.71. The van der Waals surface area contributed by atoms with Crippen LogP contribution in [0.2, 0.25) is 5.02 Å². The lowest BCUT2D eigenvalue weighted by Gasteiger charge is -2.06. The van der Waals surface area contributed by atoms with Gasteiger partial charge in [-0.3, -0.25) is 4.79 Å². The summed E-state index contributed by atoms with van der Waals surface area (Å²) in [6, 6.07) is 7.35. The Bertz CT molecular complexity index is 401. The second-order valence-electron chi connectivity index (χ2n) is 3.44. The molecule has 0 fully saturated rings. The summed E-state index contributed by atoms with van der Waals surface area (Å²) in [6.07, 6.45) is 0. The summed E-state index contributed by atoms with van der Waals surface area (Å²) in [5.74, 6) is 0. The van der Waals surface area contributed by atoms with Crippen LogP contribution in [0, 0.1) is 0 Å². The van der Waals surface area contributed by atoms with E-state index < -0.39 is 0 Å². The van der Waals surface area contributed by atoms with Crippen molar-refractivity contribution in [1.82, 2.24) is 4.90 Å². The zero-order valence-electron chi connectivity index (χ0n) is 9.40. The molecule has 16 heavy (non-hydrogen) atoms. The fraction of sp³-hybridized carbons (Fsp3) is 0.273. The van der Waals surface area contributed by atoms with E-state index in [-0.39, 0.29) is 5.24 Å². The fourth-order valence-corrected chi connectivity index (χ4v) is 1.54. The molecule has 1 amide bonds. The van der Waals surface area contributed by atoms with Crippen molar-refractivity contribution in [3.8, 4) is 0 Å². The average Bonchev–Trinajstić information content (AvgIpc) is 2.26. The molecule has 0 aromatic heterocycles. The molecule has 0 atom stereocenters. The number of amides is 1. The second-order valence-corrected chi connectivity index (χ2v) is 4.59. The van der Waals surface area contributed by atoms with E-state index in [1.165, 1.54) is 4.90 Å². The number of benzene rings is 1. The van der Waals surface area contributed by atoms with Gasteiger partial charge in [-0.2, -0.15) is 0 Å². The SMILES string of the molecule is C/C(=N\SC(=O)N(C)C)c1ccc(Cl)cc1. The molecule has 0 heterocycles. The Morgan fingerprint density at radius 2 is 1.88 bits per heavy atom. The number of rotatable bonds is 2. The highest BCUT2D eigenvalue weighted by Gasteiger charge is 2.04. The van der Waals surface area contributed by atoms with Crippen LogP contribution in [-0.4, -0.2) is 29.9 Å². The highest BCUT2D eigenvalue weighted by atomic mass is 35.5. The van der Waals surface area contributed by atoms with E-state index in [0.29, 0.717) is 5.02 Å². The van der Waals surface area contributed by atoms with Gasteiger partial charge in [-0.15, -0.1) is 0 Å². The summed E-state index contributed by atoms with van der Waals surface area (Å²) in [5, 5.41) is 0.599. The van der Waals surface area contributed by atoms with E-state index in [4.69, 9.17) is 11.6 Å². The molecule has 0 aliphatic heterocycles. The summed E-state index contributed by atoms with van der Waals surface area (Å²) < 4.78 is 4.14. The van der Waals surface area contributed by atoms with Crippen LogP contribution in [0.4, 0.5) is 4.79 Å². The van der Waals surface area contributed by atoms with Gasteiger partial charge in [-0.05, 0) is 24.6 Å². The average molecular weight is 257 g/mol. The van der Waals surface area contributed by atoms with Crippen molar-refractivity contribution in [2.45, 2.75) is 6.92 Å². The van der Waals surface area contributed by atoms with Crippen LogP contribution in [0.3, 0.4) is 0 Å². The van der Waals surface area contributed by atoms with Gasteiger partial charge in [0.15, 0.2) is 0 Å². The molecule has 0 aliphatic rings. The molecule has 5 heteroatoms. The van der Waals surface area contributed by atoms with Gasteiger partial charge in [0.2, 0.25) is 0 Å². The molecule has 0 N–H and O–H groups in total. The van der Waals surface area contributed by atoms with Crippen LogP contribution in [-0.2, 0) is 0 Å². The predicted octanol–water partition coefficient (Wildman–Crippen LogP) is 3.48. The zero-order chi connectivity index (χ0) is 12.1. The number of nitrogens with zero attached hydrogens (tertiary/aromatic N) is 2. The van der Waals surface area contributed by atoms with E-state index in [1.807, 2.05) is 19.1 Å². The molecule has 0 unspecified atom stereocenters. The molecule has 3 nitrogen and oxygen atoms in total. The molecule has 0 radical (unpaired) electrons. The van der Waals surface area contributed by atoms with Crippen LogP contribution in [0.25, 0.3) is 0 Å². The predicted molar refractivity (Wildman–Crippen MR) is 70.3 cm³/mol. The summed E-state index contributed by atoms with van der Waals surface area (Å²) in [6.45, 7) is 1.86. The van der Waals surface area contributed by atoms with Gasteiger partial charge in [0.25, 0.3) is 0 Å². The number of carbonyl (C=O) groups is 1. The molecule has 0 saturated heterocycles. The van der Waals surface area contributed by atoms with Gasteiger partial charge >= 0.3 is 5.24 Å². The van der Waals surface area contributed by atoms with Crippen molar-refractivity contribution >= 4 is 34.5 Å². The Morgan fingerprint density at radius 1 is 1.31 bits per heavy atom. The van der Waals surface area contributed by atoms with E-state index in [1.54, 1.807) is 26.2 Å². The maximum Gasteiger partial charge on any atom is 0.303 e. The minimum atomic E-state index is -0.0895. The third kappa shape index (κ3) is 3.87. The topological polar surface area (TPSA) is 32.7 Å². The van der Waals surface area contributed by atoms with E-state index >= 15 is 0 Å². The quantitative estimate of drug-likeness (QED) is 0.600. The summed E-state index contributed by atoms with van der Waals surface area (Å²) in [5.41, 5.74) is 1.76. The Labute approximate surface area is 105 Å². The molecule has 0 spiro atoms. The second kappa shape index (κ2) is 5.92. The standard InChI is InChI=1S/C11H13ClN2OS/c1-8(13-16-11(15)14(2)3)9-4-6-10(12)7-5-9/h4-7H,1-3H3/b13-8+. The number of hydrogen-bond acceptors (Lipinski definition) is 3. The van der Waals surface area contributed by atoms with E-state index in [9.17, 15) is 4.79 Å². The third-order valence-corrected chi connectivity index (χ3v) is 3.03. The van der Waals surface area contributed by atoms with Crippen LogP contribution in [0.15, 0.2) is 28.7 Å². The third-order valence-electron chi connectivity index (χ3n) is 1.89. The Hall–Kier alpha value is -1.00. The number of halogens is 1. The van der Waals surface area contributed by atoms with Crippen molar-refractivity contribution in [2.24, 2.45) is 4.40 Å². The van der Waals surface area contributed by atoms with Gasteiger partial charge in [0.05, 0.1) is 17.7 Å². The lowest BCUT2D eigenvalue weighted by atomic mass is 10.1. The first-order chi connectivity index (χ1) is 7.50. The fourth-order valence-electron chi connectivity index (χ4n) is 0.933. The first-order valence-electron chi connectivity index (χ1n) is 4.69. The Kier molecular flexibility index (Phi) is 4.83. The maximum atomic E-state index is 11.3. The molecular formula is C11H13ClN2OS. The molecule has 1 aromatic rings. The van der Waals surface area contributed by atoms with Gasteiger partial charge in [-0.25, -0.2) is 4.40 Å².